The van der Waals surface area contributed by atoms with Crippen LogP contribution in [0.15, 0.2) is 18.2 Å². The van der Waals surface area contributed by atoms with Crippen molar-refractivity contribution in [3.8, 4) is 5.75 Å². The number of carbonyl (C=O) groups is 1. The second kappa shape index (κ2) is 5.36. The van der Waals surface area contributed by atoms with Crippen molar-refractivity contribution in [1.29, 1.82) is 0 Å². The summed E-state index contributed by atoms with van der Waals surface area (Å²) in [5.74, 6) is 0.100. The monoisotopic (exact) mass is 210 g/mol. The number of aliphatic hydroxyl groups excluding tert-OH is 1. The molecule has 0 bridgehead atoms. The van der Waals surface area contributed by atoms with Crippen LogP contribution in [0.2, 0.25) is 0 Å². The predicted molar refractivity (Wildman–Crippen MR) is 54.9 cm³/mol. The minimum atomic E-state index is -0.416. The first-order valence-corrected chi connectivity index (χ1v) is 4.67. The van der Waals surface area contributed by atoms with Gasteiger partial charge in [0.2, 0.25) is 0 Å². The van der Waals surface area contributed by atoms with Crippen LogP contribution >= 0.6 is 0 Å². The Balaban J connectivity index is 3.04. The van der Waals surface area contributed by atoms with Gasteiger partial charge in [-0.25, -0.2) is 4.79 Å². The van der Waals surface area contributed by atoms with Gasteiger partial charge in [0.15, 0.2) is 0 Å². The molecule has 0 saturated heterocycles. The summed E-state index contributed by atoms with van der Waals surface area (Å²) in [5, 5.41) is 9.04. The Bertz CT molecular complexity index is 346. The maximum Gasteiger partial charge on any atom is 0.337 e. The second-order valence-corrected chi connectivity index (χ2v) is 2.91. The molecule has 4 nitrogen and oxygen atoms in total. The molecule has 1 N–H and O–H groups in total. The SMILES string of the molecule is CCOc1cc(C(=O)OC)ccc1CO. The zero-order chi connectivity index (χ0) is 11.3. The Morgan fingerprint density at radius 1 is 1.47 bits per heavy atom. The zero-order valence-corrected chi connectivity index (χ0v) is 8.82. The van der Waals surface area contributed by atoms with Gasteiger partial charge in [-0.3, -0.25) is 0 Å². The quantitative estimate of drug-likeness (QED) is 0.762. The van der Waals surface area contributed by atoms with Crippen LogP contribution in [0.4, 0.5) is 0 Å². The van der Waals surface area contributed by atoms with Gasteiger partial charge in [0.25, 0.3) is 0 Å². The molecule has 0 aliphatic heterocycles. The highest BCUT2D eigenvalue weighted by Crippen LogP contribution is 2.21. The summed E-state index contributed by atoms with van der Waals surface area (Å²) >= 11 is 0. The van der Waals surface area contributed by atoms with Crippen molar-refractivity contribution in [1.82, 2.24) is 0 Å². The first-order valence-electron chi connectivity index (χ1n) is 4.67. The highest BCUT2D eigenvalue weighted by atomic mass is 16.5. The number of benzene rings is 1. The van der Waals surface area contributed by atoms with Crippen LogP contribution in [0, 0.1) is 0 Å². The lowest BCUT2D eigenvalue weighted by Gasteiger charge is -2.09. The third kappa shape index (κ3) is 2.70. The average molecular weight is 210 g/mol. The van der Waals surface area contributed by atoms with E-state index in [0.717, 1.165) is 0 Å². The van der Waals surface area contributed by atoms with Crippen molar-refractivity contribution in [3.05, 3.63) is 29.3 Å². The average Bonchev–Trinajstić information content (AvgIpc) is 2.28. The summed E-state index contributed by atoms with van der Waals surface area (Å²) in [6.07, 6.45) is 0. The van der Waals surface area contributed by atoms with E-state index in [9.17, 15) is 4.79 Å². The molecule has 0 spiro atoms. The smallest absolute Gasteiger partial charge is 0.337 e. The number of hydrogen-bond acceptors (Lipinski definition) is 4. The van der Waals surface area contributed by atoms with Crippen LogP contribution in [-0.4, -0.2) is 24.8 Å². The molecule has 15 heavy (non-hydrogen) atoms. The Morgan fingerprint density at radius 3 is 2.73 bits per heavy atom. The maximum atomic E-state index is 11.2. The van der Waals surface area contributed by atoms with E-state index in [1.54, 1.807) is 18.2 Å². The number of ether oxygens (including phenoxy) is 2. The van der Waals surface area contributed by atoms with E-state index in [2.05, 4.69) is 4.74 Å². The molecule has 0 unspecified atom stereocenters. The molecule has 0 aliphatic carbocycles. The number of carbonyl (C=O) groups excluding carboxylic acids is 1. The van der Waals surface area contributed by atoms with Gasteiger partial charge < -0.3 is 14.6 Å². The summed E-state index contributed by atoms with van der Waals surface area (Å²) in [6.45, 7) is 2.21. The lowest BCUT2D eigenvalue weighted by Crippen LogP contribution is -2.04. The molecule has 1 rings (SSSR count). The summed E-state index contributed by atoms with van der Waals surface area (Å²) in [4.78, 5) is 11.2. The number of hydrogen-bond donors (Lipinski definition) is 1. The number of rotatable bonds is 4. The Labute approximate surface area is 88.4 Å². The molecule has 0 amide bonds. The molecule has 0 heterocycles. The van der Waals surface area contributed by atoms with Crippen molar-refractivity contribution < 1.29 is 19.4 Å². The van der Waals surface area contributed by atoms with Crippen LogP contribution in [0.25, 0.3) is 0 Å². The van der Waals surface area contributed by atoms with Crippen molar-refractivity contribution in [2.75, 3.05) is 13.7 Å². The molecule has 0 fully saturated rings. The standard InChI is InChI=1S/C11H14O4/c1-3-15-10-6-8(11(13)14-2)4-5-9(10)7-12/h4-6,12H,3,7H2,1-2H3. The van der Waals surface area contributed by atoms with Gasteiger partial charge in [-0.15, -0.1) is 0 Å². The van der Waals surface area contributed by atoms with Gasteiger partial charge >= 0.3 is 5.97 Å². The van der Waals surface area contributed by atoms with Crippen LogP contribution in [0.1, 0.15) is 22.8 Å². The van der Waals surface area contributed by atoms with Crippen LogP contribution in [-0.2, 0) is 11.3 Å². The van der Waals surface area contributed by atoms with Gasteiger partial charge in [0.05, 0.1) is 25.9 Å². The summed E-state index contributed by atoms with van der Waals surface area (Å²) in [7, 11) is 1.32. The number of aliphatic hydroxyl groups is 1. The predicted octanol–water partition coefficient (Wildman–Crippen LogP) is 1.36. The van der Waals surface area contributed by atoms with E-state index < -0.39 is 5.97 Å². The number of esters is 1. The third-order valence-corrected chi connectivity index (χ3v) is 1.96. The molecule has 4 heteroatoms. The van der Waals surface area contributed by atoms with Crippen LogP contribution < -0.4 is 4.74 Å². The van der Waals surface area contributed by atoms with Crippen molar-refractivity contribution in [3.63, 3.8) is 0 Å². The highest BCUT2D eigenvalue weighted by Gasteiger charge is 2.09. The van der Waals surface area contributed by atoms with Crippen molar-refractivity contribution >= 4 is 5.97 Å². The lowest BCUT2D eigenvalue weighted by molar-refractivity contribution is 0.0600. The Kier molecular flexibility index (Phi) is 4.12. The lowest BCUT2D eigenvalue weighted by atomic mass is 10.1. The molecule has 0 atom stereocenters. The fraction of sp³-hybridized carbons (Fsp3) is 0.364. The number of methoxy groups -OCH3 is 1. The Morgan fingerprint density at radius 2 is 2.20 bits per heavy atom. The third-order valence-electron chi connectivity index (χ3n) is 1.96. The van der Waals surface area contributed by atoms with Gasteiger partial charge in [-0.05, 0) is 19.1 Å². The molecule has 0 aromatic heterocycles. The fourth-order valence-corrected chi connectivity index (χ4v) is 1.22. The highest BCUT2D eigenvalue weighted by molar-refractivity contribution is 5.89. The zero-order valence-electron chi connectivity index (χ0n) is 8.82. The molecule has 0 aliphatic rings. The molecule has 1 aromatic rings. The van der Waals surface area contributed by atoms with Gasteiger partial charge in [-0.1, -0.05) is 6.07 Å². The summed E-state index contributed by atoms with van der Waals surface area (Å²) in [5.41, 5.74) is 1.07. The van der Waals surface area contributed by atoms with E-state index in [0.29, 0.717) is 23.5 Å². The van der Waals surface area contributed by atoms with Gasteiger partial charge in [0, 0.05) is 5.56 Å². The normalized spacial score (nSPS) is 9.80. The Hall–Kier alpha value is -1.55. The topological polar surface area (TPSA) is 55.8 Å². The van der Waals surface area contributed by atoms with E-state index in [-0.39, 0.29) is 6.61 Å². The van der Waals surface area contributed by atoms with Crippen molar-refractivity contribution in [2.24, 2.45) is 0 Å². The first-order chi connectivity index (χ1) is 7.22. The van der Waals surface area contributed by atoms with E-state index in [1.807, 2.05) is 6.92 Å². The molecule has 1 aromatic carbocycles. The van der Waals surface area contributed by atoms with Gasteiger partial charge in [0.1, 0.15) is 5.75 Å². The summed E-state index contributed by atoms with van der Waals surface area (Å²) < 4.78 is 9.88. The van der Waals surface area contributed by atoms with Gasteiger partial charge in [-0.2, -0.15) is 0 Å². The van der Waals surface area contributed by atoms with Crippen LogP contribution in [0.5, 0.6) is 5.75 Å². The largest absolute Gasteiger partial charge is 0.493 e. The van der Waals surface area contributed by atoms with E-state index in [1.165, 1.54) is 7.11 Å². The summed E-state index contributed by atoms with van der Waals surface area (Å²) in [6, 6.07) is 4.82. The van der Waals surface area contributed by atoms with E-state index in [4.69, 9.17) is 9.84 Å². The molecule has 0 radical (unpaired) electrons. The second-order valence-electron chi connectivity index (χ2n) is 2.91. The minimum absolute atomic E-state index is 0.114. The molecular formula is C11H14O4. The van der Waals surface area contributed by atoms with Crippen molar-refractivity contribution in [2.45, 2.75) is 13.5 Å². The van der Waals surface area contributed by atoms with E-state index >= 15 is 0 Å². The molecule has 0 saturated carbocycles. The maximum absolute atomic E-state index is 11.2. The van der Waals surface area contributed by atoms with Crippen LogP contribution in [0.3, 0.4) is 0 Å². The molecule has 82 valence electrons. The first kappa shape index (κ1) is 11.5. The fourth-order valence-electron chi connectivity index (χ4n) is 1.22. The molecular weight excluding hydrogens is 196 g/mol. The minimum Gasteiger partial charge on any atom is -0.493 e.